The number of hydrogen-bond acceptors (Lipinski definition) is 4. The first-order chi connectivity index (χ1) is 13.0. The van der Waals surface area contributed by atoms with E-state index in [0.717, 1.165) is 34.8 Å². The normalized spacial score (nSPS) is 19.7. The lowest BCUT2D eigenvalue weighted by molar-refractivity contribution is 0.413. The minimum Gasteiger partial charge on any atom is -0.497 e. The molecule has 0 saturated carbocycles. The maximum absolute atomic E-state index is 13.7. The number of nitrogens with zero attached hydrogens (tertiary/aromatic N) is 2. The van der Waals surface area contributed by atoms with Gasteiger partial charge in [-0.05, 0) is 67.8 Å². The molecule has 1 aliphatic heterocycles. The van der Waals surface area contributed by atoms with Crippen LogP contribution in [0.1, 0.15) is 30.5 Å². The van der Waals surface area contributed by atoms with E-state index >= 15 is 0 Å². The van der Waals surface area contributed by atoms with Crippen LogP contribution in [0.4, 0.5) is 10.1 Å². The minimum atomic E-state index is -0.509. The Hall–Kier alpha value is -3.13. The second-order valence-electron chi connectivity index (χ2n) is 6.78. The lowest BCUT2D eigenvalue weighted by atomic mass is 9.76. The van der Waals surface area contributed by atoms with Crippen LogP contribution in [0.25, 0.3) is 0 Å². The van der Waals surface area contributed by atoms with E-state index in [2.05, 4.69) is 18.7 Å². The molecule has 27 heavy (non-hydrogen) atoms. The Kier molecular flexibility index (Phi) is 5.00. The molecule has 0 fully saturated rings. The fourth-order valence-corrected chi connectivity index (χ4v) is 3.94. The molecule has 0 bridgehead atoms. The number of anilines is 1. The van der Waals surface area contributed by atoms with E-state index < -0.39 is 11.2 Å². The average Bonchev–Trinajstić information content (AvgIpc) is 2.91. The number of methoxy groups -OCH3 is 1. The van der Waals surface area contributed by atoms with E-state index in [9.17, 15) is 4.39 Å². The van der Waals surface area contributed by atoms with Gasteiger partial charge in [0.25, 0.3) is 0 Å². The zero-order chi connectivity index (χ0) is 19.6. The SMILES string of the molecule is CCN1/C(=C\C=N)C(C)(Cc2ccc(F)c(C#N)c2)c2cc(OC)ccc21. The van der Waals surface area contributed by atoms with Crippen molar-refractivity contribution in [3.05, 3.63) is 70.7 Å². The van der Waals surface area contributed by atoms with Gasteiger partial charge in [0.2, 0.25) is 0 Å². The largest absolute Gasteiger partial charge is 0.497 e. The first-order valence-corrected chi connectivity index (χ1v) is 8.84. The summed E-state index contributed by atoms with van der Waals surface area (Å²) < 4.78 is 19.2. The van der Waals surface area contributed by atoms with Crippen molar-refractivity contribution in [2.24, 2.45) is 0 Å². The van der Waals surface area contributed by atoms with Crippen molar-refractivity contribution in [1.82, 2.24) is 0 Å². The summed E-state index contributed by atoms with van der Waals surface area (Å²) in [6.07, 6.45) is 3.69. The molecule has 2 aromatic rings. The molecule has 0 saturated heterocycles. The average molecular weight is 363 g/mol. The molecule has 1 aliphatic rings. The fourth-order valence-electron chi connectivity index (χ4n) is 3.94. The highest BCUT2D eigenvalue weighted by Gasteiger charge is 2.43. The van der Waals surface area contributed by atoms with Gasteiger partial charge in [0.05, 0.1) is 12.7 Å². The fraction of sp³-hybridized carbons (Fsp3) is 0.273. The Labute approximate surface area is 159 Å². The van der Waals surface area contributed by atoms with Crippen molar-refractivity contribution >= 4 is 11.9 Å². The number of fused-ring (bicyclic) bond motifs is 1. The number of allylic oxidation sites excluding steroid dienone is 2. The number of ether oxygens (including phenoxy) is 1. The van der Waals surface area contributed by atoms with Gasteiger partial charge in [0.15, 0.2) is 0 Å². The molecule has 0 aliphatic carbocycles. The van der Waals surface area contributed by atoms with Crippen molar-refractivity contribution in [3.8, 4) is 11.8 Å². The van der Waals surface area contributed by atoms with Crippen molar-refractivity contribution in [2.75, 3.05) is 18.6 Å². The first-order valence-electron chi connectivity index (χ1n) is 8.84. The lowest BCUT2D eigenvalue weighted by Gasteiger charge is -2.30. The van der Waals surface area contributed by atoms with Gasteiger partial charge in [-0.1, -0.05) is 6.07 Å². The number of rotatable bonds is 5. The first kappa shape index (κ1) is 18.7. The Morgan fingerprint density at radius 3 is 2.70 bits per heavy atom. The van der Waals surface area contributed by atoms with Crippen LogP contribution in [0.2, 0.25) is 0 Å². The number of nitriles is 1. The molecule has 0 amide bonds. The number of likely N-dealkylation sites (N-methyl/N-ethyl adjacent to an activating group) is 1. The number of halogens is 1. The lowest BCUT2D eigenvalue weighted by Crippen LogP contribution is -2.30. The summed E-state index contributed by atoms with van der Waals surface area (Å²) in [7, 11) is 1.64. The van der Waals surface area contributed by atoms with Crippen molar-refractivity contribution in [3.63, 3.8) is 0 Å². The number of hydrogen-bond donors (Lipinski definition) is 1. The van der Waals surface area contributed by atoms with Gasteiger partial charge in [-0.3, -0.25) is 0 Å². The third-order valence-corrected chi connectivity index (χ3v) is 5.21. The molecule has 2 aromatic carbocycles. The molecule has 1 unspecified atom stereocenters. The highest BCUT2D eigenvalue weighted by atomic mass is 19.1. The van der Waals surface area contributed by atoms with E-state index in [1.165, 1.54) is 12.3 Å². The van der Waals surface area contributed by atoms with Gasteiger partial charge in [-0.15, -0.1) is 0 Å². The van der Waals surface area contributed by atoms with E-state index in [0.29, 0.717) is 6.42 Å². The van der Waals surface area contributed by atoms with Crippen LogP contribution >= 0.6 is 0 Å². The Morgan fingerprint density at radius 1 is 1.30 bits per heavy atom. The van der Waals surface area contributed by atoms with Gasteiger partial charge in [-0.25, -0.2) is 4.39 Å². The van der Waals surface area contributed by atoms with Crippen molar-refractivity contribution in [2.45, 2.75) is 25.7 Å². The van der Waals surface area contributed by atoms with E-state index in [4.69, 9.17) is 15.4 Å². The predicted octanol–water partition coefficient (Wildman–Crippen LogP) is 4.58. The maximum atomic E-state index is 13.7. The van der Waals surface area contributed by atoms with Crippen LogP contribution in [0.3, 0.4) is 0 Å². The van der Waals surface area contributed by atoms with Gasteiger partial charge < -0.3 is 15.0 Å². The van der Waals surface area contributed by atoms with Crippen molar-refractivity contribution in [1.29, 1.82) is 10.7 Å². The Bertz CT molecular complexity index is 961. The molecule has 1 N–H and O–H groups in total. The molecule has 0 radical (unpaired) electrons. The summed E-state index contributed by atoms with van der Waals surface area (Å²) in [4.78, 5) is 2.19. The number of benzene rings is 2. The van der Waals surface area contributed by atoms with E-state index in [1.807, 2.05) is 30.3 Å². The summed E-state index contributed by atoms with van der Waals surface area (Å²) in [6.45, 7) is 4.95. The molecular formula is C22H22FN3O. The highest BCUT2D eigenvalue weighted by molar-refractivity contribution is 5.79. The van der Waals surface area contributed by atoms with Crippen LogP contribution in [-0.2, 0) is 11.8 Å². The van der Waals surface area contributed by atoms with E-state index in [-0.39, 0.29) is 5.56 Å². The Morgan fingerprint density at radius 2 is 2.07 bits per heavy atom. The zero-order valence-electron chi connectivity index (χ0n) is 15.7. The second-order valence-corrected chi connectivity index (χ2v) is 6.78. The van der Waals surface area contributed by atoms with Gasteiger partial charge in [-0.2, -0.15) is 5.26 Å². The van der Waals surface area contributed by atoms with Crippen LogP contribution < -0.4 is 9.64 Å². The summed E-state index contributed by atoms with van der Waals surface area (Å²) in [5.41, 5.74) is 3.67. The Balaban J connectivity index is 2.17. The van der Waals surface area contributed by atoms with Crippen molar-refractivity contribution < 1.29 is 9.13 Å². The van der Waals surface area contributed by atoms with Crippen LogP contribution in [0, 0.1) is 22.6 Å². The molecule has 138 valence electrons. The predicted molar refractivity (Wildman–Crippen MR) is 105 cm³/mol. The van der Waals surface area contributed by atoms with Gasteiger partial charge in [0, 0.05) is 29.6 Å². The molecule has 1 atom stereocenters. The van der Waals surface area contributed by atoms with Gasteiger partial charge in [0.1, 0.15) is 17.6 Å². The topological polar surface area (TPSA) is 60.1 Å². The third-order valence-electron chi connectivity index (χ3n) is 5.21. The maximum Gasteiger partial charge on any atom is 0.140 e. The molecule has 0 aromatic heterocycles. The molecule has 1 heterocycles. The summed E-state index contributed by atoms with van der Waals surface area (Å²) in [5.74, 6) is 0.259. The third kappa shape index (κ3) is 3.08. The molecule has 5 heteroatoms. The minimum absolute atomic E-state index is 0.0462. The second kappa shape index (κ2) is 7.24. The smallest absolute Gasteiger partial charge is 0.140 e. The monoisotopic (exact) mass is 363 g/mol. The van der Waals surface area contributed by atoms with E-state index in [1.54, 1.807) is 19.2 Å². The highest BCUT2D eigenvalue weighted by Crippen LogP contribution is 2.50. The summed E-state index contributed by atoms with van der Waals surface area (Å²) >= 11 is 0. The summed E-state index contributed by atoms with van der Waals surface area (Å²) in [5, 5.41) is 16.8. The zero-order valence-corrected chi connectivity index (χ0v) is 15.7. The molecular weight excluding hydrogens is 341 g/mol. The number of nitrogens with one attached hydrogen (secondary N) is 1. The van der Waals surface area contributed by atoms with Crippen LogP contribution in [0.5, 0.6) is 5.75 Å². The molecule has 0 spiro atoms. The van der Waals surface area contributed by atoms with Gasteiger partial charge >= 0.3 is 0 Å². The standard InChI is InChI=1S/C22H22FN3O/c1-4-26-20-8-6-17(27-3)12-18(20)22(2,21(26)9-10-24)13-15-5-7-19(23)16(11-15)14-25/h5-12,24H,4,13H2,1-3H3/b21-9-,24-10?. The van der Waals surface area contributed by atoms with Crippen LogP contribution in [-0.4, -0.2) is 19.9 Å². The van der Waals surface area contributed by atoms with Crippen LogP contribution in [0.15, 0.2) is 48.2 Å². The molecule has 4 nitrogen and oxygen atoms in total. The molecule has 3 rings (SSSR count). The quantitative estimate of drug-likeness (QED) is 0.791. The summed E-state index contributed by atoms with van der Waals surface area (Å²) in [6, 6.07) is 12.6.